The number of carboxylic acid groups (broad SMARTS) is 1. The van der Waals surface area contributed by atoms with Crippen molar-refractivity contribution < 1.29 is 29.0 Å². The van der Waals surface area contributed by atoms with E-state index < -0.39 is 42.0 Å². The number of unbranched alkanes of at least 4 members (excludes halogenated alkanes) is 1. The van der Waals surface area contributed by atoms with Gasteiger partial charge < -0.3 is 42.2 Å². The summed E-state index contributed by atoms with van der Waals surface area (Å²) in [6.45, 7) is 1.04. The van der Waals surface area contributed by atoms with Crippen molar-refractivity contribution in [3.63, 3.8) is 0 Å². The van der Waals surface area contributed by atoms with E-state index in [-0.39, 0.29) is 44.4 Å². The third-order valence-corrected chi connectivity index (χ3v) is 8.32. The molecule has 4 rings (SSSR count). The van der Waals surface area contributed by atoms with Crippen LogP contribution in [0.3, 0.4) is 0 Å². The summed E-state index contributed by atoms with van der Waals surface area (Å²) in [6, 6.07) is 13.0. The predicted octanol–water partition coefficient (Wildman–Crippen LogP) is 1.85. The Morgan fingerprint density at radius 2 is 1.60 bits per heavy atom. The van der Waals surface area contributed by atoms with E-state index in [1.54, 1.807) is 0 Å². The molecule has 0 bridgehead atoms. The quantitative estimate of drug-likeness (QED) is 0.0877. The van der Waals surface area contributed by atoms with Crippen molar-refractivity contribution in [3.8, 4) is 11.1 Å². The maximum absolute atomic E-state index is 13.6. The number of nitrogens with zero attached hydrogens (tertiary/aromatic N) is 1. The minimum atomic E-state index is -1.10. The molecule has 3 amide bonds. The molecule has 1 saturated heterocycles. The van der Waals surface area contributed by atoms with Gasteiger partial charge in [-0.2, -0.15) is 0 Å². The minimum absolute atomic E-state index is 0.0762. The molecular weight excluding hydrogens is 578 g/mol. The molecule has 2 aromatic carbocycles. The molecule has 0 radical (unpaired) electrons. The molecule has 3 atom stereocenters. The summed E-state index contributed by atoms with van der Waals surface area (Å²) in [6.07, 6.45) is 2.10. The van der Waals surface area contributed by atoms with Gasteiger partial charge in [-0.25, -0.2) is 9.59 Å². The number of carbonyl (C=O) groups excluding carboxylic acids is 3. The van der Waals surface area contributed by atoms with Crippen molar-refractivity contribution in [3.05, 3.63) is 59.7 Å². The van der Waals surface area contributed by atoms with Crippen LogP contribution in [0.1, 0.15) is 62.0 Å². The van der Waals surface area contributed by atoms with E-state index in [1.165, 1.54) is 4.90 Å². The van der Waals surface area contributed by atoms with Crippen LogP contribution in [0.15, 0.2) is 48.5 Å². The average molecular weight is 622 g/mol. The van der Waals surface area contributed by atoms with E-state index in [4.69, 9.17) is 21.6 Å². The fourth-order valence-corrected chi connectivity index (χ4v) is 6.09. The molecule has 0 unspecified atom stereocenters. The third-order valence-electron chi connectivity index (χ3n) is 8.32. The highest BCUT2D eigenvalue weighted by Crippen LogP contribution is 2.44. The number of hydrogen-bond acceptors (Lipinski definition) is 7. The number of carboxylic acids is 1. The number of likely N-dealkylation sites (tertiary alicyclic amines) is 1. The van der Waals surface area contributed by atoms with Crippen molar-refractivity contribution in [2.24, 2.45) is 11.5 Å². The van der Waals surface area contributed by atoms with Gasteiger partial charge in [-0.05, 0) is 73.7 Å². The van der Waals surface area contributed by atoms with Crippen LogP contribution < -0.4 is 27.4 Å². The lowest BCUT2D eigenvalue weighted by atomic mass is 9.98. The Bertz CT molecular complexity index is 1340. The molecule has 2 aromatic rings. The topological polar surface area (TPSA) is 213 Å². The summed E-state index contributed by atoms with van der Waals surface area (Å²) in [7, 11) is 0. The van der Waals surface area contributed by atoms with Gasteiger partial charge >= 0.3 is 12.1 Å². The van der Waals surface area contributed by atoms with Crippen molar-refractivity contribution in [1.82, 2.24) is 20.9 Å². The van der Waals surface area contributed by atoms with E-state index in [1.807, 2.05) is 48.5 Å². The first kappa shape index (κ1) is 33.2. The summed E-state index contributed by atoms with van der Waals surface area (Å²) in [5.41, 5.74) is 15.3. The summed E-state index contributed by atoms with van der Waals surface area (Å²) in [5.74, 6) is -2.55. The smallest absolute Gasteiger partial charge is 0.407 e. The van der Waals surface area contributed by atoms with Gasteiger partial charge in [0, 0.05) is 19.0 Å². The van der Waals surface area contributed by atoms with Gasteiger partial charge in [0.15, 0.2) is 5.96 Å². The molecule has 1 aliphatic carbocycles. The Morgan fingerprint density at radius 1 is 0.956 bits per heavy atom. The maximum atomic E-state index is 13.6. The zero-order valence-corrected chi connectivity index (χ0v) is 25.3. The average Bonchev–Trinajstić information content (AvgIpc) is 3.64. The second kappa shape index (κ2) is 15.9. The van der Waals surface area contributed by atoms with Crippen LogP contribution >= 0.6 is 0 Å². The van der Waals surface area contributed by atoms with Crippen LogP contribution in [0.2, 0.25) is 0 Å². The summed E-state index contributed by atoms with van der Waals surface area (Å²) < 4.78 is 5.67. The van der Waals surface area contributed by atoms with Gasteiger partial charge in [-0.3, -0.25) is 15.0 Å². The van der Waals surface area contributed by atoms with Crippen molar-refractivity contribution in [1.29, 1.82) is 5.41 Å². The van der Waals surface area contributed by atoms with Crippen LogP contribution in [0, 0.1) is 5.41 Å². The van der Waals surface area contributed by atoms with Gasteiger partial charge in [0.05, 0.1) is 0 Å². The lowest BCUT2D eigenvalue weighted by molar-refractivity contribution is -0.149. The molecule has 0 spiro atoms. The van der Waals surface area contributed by atoms with Crippen molar-refractivity contribution >= 4 is 29.8 Å². The van der Waals surface area contributed by atoms with Gasteiger partial charge in [0.1, 0.15) is 24.7 Å². The highest BCUT2D eigenvalue weighted by Gasteiger charge is 2.38. The summed E-state index contributed by atoms with van der Waals surface area (Å²) >= 11 is 0. The Kier molecular flexibility index (Phi) is 11.7. The monoisotopic (exact) mass is 621 g/mol. The van der Waals surface area contributed by atoms with Crippen LogP contribution in [-0.4, -0.2) is 84.2 Å². The zero-order valence-electron chi connectivity index (χ0n) is 25.3. The number of guanidine groups is 1. The van der Waals surface area contributed by atoms with Crippen LogP contribution in [0.5, 0.6) is 0 Å². The van der Waals surface area contributed by atoms with E-state index in [2.05, 4.69) is 16.0 Å². The molecule has 13 heteroatoms. The molecule has 9 N–H and O–H groups in total. The van der Waals surface area contributed by atoms with Crippen LogP contribution in [-0.2, 0) is 19.1 Å². The molecule has 242 valence electrons. The third kappa shape index (κ3) is 8.50. The largest absolute Gasteiger partial charge is 0.480 e. The number of rotatable bonds is 15. The summed E-state index contributed by atoms with van der Waals surface area (Å²) in [4.78, 5) is 53.2. The number of fused-ring (bicyclic) bond motifs is 3. The number of nitrogens with one attached hydrogen (secondary N) is 4. The second-order valence-electron chi connectivity index (χ2n) is 11.4. The second-order valence-corrected chi connectivity index (χ2v) is 11.4. The molecule has 13 nitrogen and oxygen atoms in total. The maximum Gasteiger partial charge on any atom is 0.407 e. The number of alkyl carbamates (subject to hydrolysis) is 1. The van der Waals surface area contributed by atoms with E-state index in [9.17, 15) is 24.3 Å². The number of benzene rings is 2. The lowest BCUT2D eigenvalue weighted by Gasteiger charge is -2.29. The Hall–Kier alpha value is -4.65. The Morgan fingerprint density at radius 3 is 2.22 bits per heavy atom. The molecule has 0 aromatic heterocycles. The van der Waals surface area contributed by atoms with E-state index >= 15 is 0 Å². The number of hydrogen-bond donors (Lipinski definition) is 7. The molecule has 45 heavy (non-hydrogen) atoms. The number of carbonyl (C=O) groups is 4. The van der Waals surface area contributed by atoms with Gasteiger partial charge in [-0.15, -0.1) is 0 Å². The van der Waals surface area contributed by atoms with Gasteiger partial charge in [0.25, 0.3) is 0 Å². The van der Waals surface area contributed by atoms with Crippen LogP contribution in [0.4, 0.5) is 4.79 Å². The molecule has 0 saturated carbocycles. The SMILES string of the molecule is N=C(N)NCCC[C@H](NC(=O)[C@H](CCCCN)NC(=O)OCC1c2ccccc2-c2ccccc21)C(=O)N1CCC[C@H]1C(=O)O. The molecule has 2 aliphatic rings. The molecule has 1 heterocycles. The highest BCUT2D eigenvalue weighted by atomic mass is 16.5. The molecular formula is C32H43N7O6. The first-order valence-electron chi connectivity index (χ1n) is 15.4. The Balaban J connectivity index is 1.43. The first-order valence-corrected chi connectivity index (χ1v) is 15.4. The molecule has 1 fully saturated rings. The van der Waals surface area contributed by atoms with Crippen molar-refractivity contribution in [2.75, 3.05) is 26.2 Å². The van der Waals surface area contributed by atoms with Crippen molar-refractivity contribution in [2.45, 2.75) is 69.0 Å². The van der Waals surface area contributed by atoms with E-state index in [0.29, 0.717) is 38.6 Å². The normalized spacial score (nSPS) is 16.6. The standard InChI is InChI=1S/C32H43N7O6/c33-16-6-5-13-25(38-32(44)45-19-24-22-11-3-1-9-20(22)21-10-2-4-12-23(21)24)28(40)37-26(14-7-17-36-31(34)35)29(41)39-18-8-15-27(39)30(42)43/h1-4,9-12,24-27H,5-8,13-19,33H2,(H,37,40)(H,38,44)(H,42,43)(H4,34,35,36)/t25-,26-,27-/m0/s1. The Labute approximate surface area is 262 Å². The molecule has 1 aliphatic heterocycles. The number of nitrogens with two attached hydrogens (primary N) is 2. The number of amides is 3. The summed E-state index contributed by atoms with van der Waals surface area (Å²) in [5, 5.41) is 25.1. The predicted molar refractivity (Wildman–Crippen MR) is 168 cm³/mol. The number of ether oxygens (including phenoxy) is 1. The lowest BCUT2D eigenvalue weighted by Crippen LogP contribution is -2.56. The number of aliphatic carboxylic acids is 1. The fraction of sp³-hybridized carbons (Fsp3) is 0.469. The minimum Gasteiger partial charge on any atom is -0.480 e. The zero-order chi connectivity index (χ0) is 32.3. The van der Waals surface area contributed by atoms with Crippen LogP contribution in [0.25, 0.3) is 11.1 Å². The first-order chi connectivity index (χ1) is 21.7. The fourth-order valence-electron chi connectivity index (χ4n) is 6.09. The van der Waals surface area contributed by atoms with Gasteiger partial charge in [0.2, 0.25) is 11.8 Å². The van der Waals surface area contributed by atoms with Gasteiger partial charge in [-0.1, -0.05) is 48.5 Å². The van der Waals surface area contributed by atoms with E-state index in [0.717, 1.165) is 22.3 Å². The highest BCUT2D eigenvalue weighted by molar-refractivity contribution is 5.93.